The van der Waals surface area contributed by atoms with Gasteiger partial charge in [0.05, 0.1) is 40.0 Å². The Morgan fingerprint density at radius 1 is 0.652 bits per heavy atom. The van der Waals surface area contributed by atoms with E-state index in [1.54, 1.807) is 0 Å². The first kappa shape index (κ1) is 45.1. The summed E-state index contributed by atoms with van der Waals surface area (Å²) in [6.45, 7) is -1.26. The molecule has 3 aromatic carbocycles. The second-order valence-electron chi connectivity index (χ2n) is 16.8. The van der Waals surface area contributed by atoms with Crippen molar-refractivity contribution in [1.29, 1.82) is 0 Å². The van der Waals surface area contributed by atoms with E-state index in [1.807, 2.05) is 0 Å². The van der Waals surface area contributed by atoms with Crippen LogP contribution in [0.1, 0.15) is 60.5 Å². The molecule has 2 fully saturated rings. The molecule has 6 unspecified atom stereocenters. The van der Waals surface area contributed by atoms with Crippen LogP contribution in [0.15, 0.2) is 35.9 Å². The summed E-state index contributed by atoms with van der Waals surface area (Å²) in [5.74, 6) is -42.6. The number of hydrogen-bond acceptors (Lipinski definition) is 28. The van der Waals surface area contributed by atoms with E-state index in [9.17, 15) is 100 Å². The Bertz CT molecular complexity index is 2900. The van der Waals surface area contributed by atoms with Crippen molar-refractivity contribution in [2.45, 2.75) is 78.2 Å². The Kier molecular flexibility index (Phi) is 9.42. The SMILES string of the molecule is O=C1O[C@H]2[C@@H]3OC(=O)c4cc(O)c(O)c5c4C4C(CC(O)C(O)(O)C4(O)O5)C(=O)OC[C@H]2O[C@@H](OC(=O)c2cc(O)c(O)c(O)c2)[C@@H]3OC(=O)c2cc(O)c(O)c3c2C2C1=CC(=O)C(O)(O)C2(O)O3. The molecule has 1 saturated carbocycles. The predicted octanol–water partition coefficient (Wildman–Crippen LogP) is -3.98. The fourth-order valence-corrected chi connectivity index (χ4v) is 9.61. The molecule has 28 heteroatoms. The van der Waals surface area contributed by atoms with Crippen LogP contribution in [0.5, 0.6) is 51.7 Å². The highest BCUT2D eigenvalue weighted by molar-refractivity contribution is 6.08. The Hall–Kier alpha value is -7.70. The number of carbonyl (C=O) groups is 6. The van der Waals surface area contributed by atoms with Crippen LogP contribution >= 0.6 is 0 Å². The van der Waals surface area contributed by atoms with Gasteiger partial charge in [0.15, 0.2) is 52.5 Å². The van der Waals surface area contributed by atoms with Gasteiger partial charge >= 0.3 is 29.8 Å². The smallest absolute Gasteiger partial charge is 0.340 e. The zero-order chi connectivity index (χ0) is 49.9. The number of carbonyl (C=O) groups excluding carboxylic acids is 6. The summed E-state index contributed by atoms with van der Waals surface area (Å²) in [4.78, 5) is 85.2. The summed E-state index contributed by atoms with van der Waals surface area (Å²) in [6, 6.07) is 2.06. The van der Waals surface area contributed by atoms with E-state index >= 15 is 0 Å². The van der Waals surface area contributed by atoms with E-state index in [2.05, 4.69) is 0 Å². The third-order valence-corrected chi connectivity index (χ3v) is 13.0. The Morgan fingerprint density at radius 3 is 1.81 bits per heavy atom. The fraction of sp³-hybridized carbons (Fsp3) is 0.366. The minimum Gasteiger partial charge on any atom is -0.504 e. The van der Waals surface area contributed by atoms with Crippen LogP contribution in [0.4, 0.5) is 0 Å². The van der Waals surface area contributed by atoms with Crippen molar-refractivity contribution in [3.05, 3.63) is 63.7 Å². The van der Waals surface area contributed by atoms with Crippen LogP contribution in [0, 0.1) is 5.92 Å². The zero-order valence-electron chi connectivity index (χ0n) is 34.0. The van der Waals surface area contributed by atoms with Gasteiger partial charge in [0.2, 0.25) is 29.7 Å². The van der Waals surface area contributed by atoms with Crippen molar-refractivity contribution >= 4 is 35.6 Å². The molecule has 5 aliphatic heterocycles. The molecule has 5 heterocycles. The van der Waals surface area contributed by atoms with Crippen molar-refractivity contribution in [1.82, 2.24) is 0 Å². The molecule has 28 nitrogen and oxygen atoms in total. The van der Waals surface area contributed by atoms with Crippen LogP contribution in [-0.2, 0) is 42.8 Å². The third-order valence-electron chi connectivity index (χ3n) is 13.0. The van der Waals surface area contributed by atoms with E-state index in [0.717, 1.165) is 0 Å². The van der Waals surface area contributed by atoms with Crippen molar-refractivity contribution in [3.8, 4) is 51.7 Å². The molecule has 7 aliphatic rings. The second-order valence-corrected chi connectivity index (χ2v) is 16.8. The first-order valence-electron chi connectivity index (χ1n) is 20.0. The number of phenols is 7. The summed E-state index contributed by atoms with van der Waals surface area (Å²) in [5.41, 5.74) is -5.60. The van der Waals surface area contributed by atoms with Crippen LogP contribution in [0.25, 0.3) is 0 Å². The quantitative estimate of drug-likeness (QED) is 0.0504. The summed E-state index contributed by atoms with van der Waals surface area (Å²) in [5, 5.41) is 152. The number of cyclic esters (lactones) is 1. The lowest BCUT2D eigenvalue weighted by Crippen LogP contribution is -2.70. The van der Waals surface area contributed by atoms with Gasteiger partial charge in [-0.2, -0.15) is 0 Å². The number of rotatable bonds is 2. The highest BCUT2D eigenvalue weighted by atomic mass is 16.8. The van der Waals surface area contributed by atoms with Gasteiger partial charge in [-0.1, -0.05) is 0 Å². The van der Waals surface area contributed by atoms with Gasteiger partial charge in [0, 0.05) is 11.1 Å². The average Bonchev–Trinajstić information content (AvgIpc) is 3.79. The zero-order valence-corrected chi connectivity index (χ0v) is 34.0. The number of esters is 5. The number of phenolic OH excluding ortho intramolecular Hbond substituents is 7. The largest absolute Gasteiger partial charge is 0.504 e. The van der Waals surface area contributed by atoms with E-state index in [-0.39, 0.29) is 6.08 Å². The van der Waals surface area contributed by atoms with Gasteiger partial charge in [-0.05, 0) is 36.8 Å². The topological polar surface area (TPSA) is 459 Å². The number of aromatic hydroxyl groups is 7. The van der Waals surface area contributed by atoms with Crippen LogP contribution in [0.3, 0.4) is 0 Å². The molecule has 364 valence electrons. The Balaban J connectivity index is 1.19. The lowest BCUT2D eigenvalue weighted by molar-refractivity contribution is -0.392. The highest BCUT2D eigenvalue weighted by Gasteiger charge is 2.73. The first-order valence-corrected chi connectivity index (χ1v) is 20.0. The number of hydrogen-bond donors (Lipinski definition) is 14. The van der Waals surface area contributed by atoms with Crippen molar-refractivity contribution < 1.29 is 138 Å². The molecule has 0 spiro atoms. The molecule has 3 aromatic rings. The van der Waals surface area contributed by atoms with Crippen molar-refractivity contribution in [3.63, 3.8) is 0 Å². The standard InChI is InChI=1S/C41H32O28/c42-13-1-8(2-14(43)24(13)48)32(51)67-37-31-30-27(64-36(55)12-6-19(47)39(58,59)41(61)23(12)21-10(35(54)66-31)4-16(45)26(50)29(21)69-41)17(63-37)7-62-33(52)11-5-18(46)38(56,57)40(60)22(11)20-9(34(53)65-30)3-15(44)25(49)28(20)68-40/h1-4,6,11,17-18,22-23,27,30-31,37,42-46,48-50,56-61H,5,7H2/t11?,17-,18?,22?,23?,27-,30+,31-,37+,40?,41?/m1/s1. The normalized spacial score (nSPS) is 33.4. The highest BCUT2D eigenvalue weighted by Crippen LogP contribution is 2.63. The molecule has 14 N–H and O–H groups in total. The summed E-state index contributed by atoms with van der Waals surface area (Å²) in [7, 11) is 0. The maximum absolute atomic E-state index is 14.8. The number of benzene rings is 3. The monoisotopic (exact) mass is 972 g/mol. The maximum Gasteiger partial charge on any atom is 0.340 e. The first-order chi connectivity index (χ1) is 32.2. The molecular formula is C41H32O28. The molecule has 10 rings (SSSR count). The van der Waals surface area contributed by atoms with Crippen molar-refractivity contribution in [2.24, 2.45) is 5.92 Å². The van der Waals surface area contributed by atoms with Gasteiger partial charge in [-0.3, -0.25) is 9.59 Å². The minimum absolute atomic E-state index is 0.222. The van der Waals surface area contributed by atoms with Crippen LogP contribution in [0.2, 0.25) is 0 Å². The number of aliphatic hydroxyl groups is 7. The third kappa shape index (κ3) is 5.97. The lowest BCUT2D eigenvalue weighted by Gasteiger charge is -2.48. The number of aliphatic hydroxyl groups excluding tert-OH is 1. The molecule has 1 saturated heterocycles. The van der Waals surface area contributed by atoms with E-state index in [1.165, 1.54) is 0 Å². The Labute approximate surface area is 379 Å². The van der Waals surface area contributed by atoms with Crippen LogP contribution in [-0.4, -0.2) is 174 Å². The van der Waals surface area contributed by atoms with Gasteiger partial charge in [0.25, 0.3) is 23.1 Å². The molecular weight excluding hydrogens is 940 g/mol. The van der Waals surface area contributed by atoms with Gasteiger partial charge in [-0.15, -0.1) is 0 Å². The number of ether oxygens (including phenoxy) is 8. The summed E-state index contributed by atoms with van der Waals surface area (Å²) >= 11 is 0. The molecule has 0 radical (unpaired) electrons. The Morgan fingerprint density at radius 2 is 1.19 bits per heavy atom. The average molecular weight is 973 g/mol. The second kappa shape index (κ2) is 14.4. The predicted molar refractivity (Wildman–Crippen MR) is 202 cm³/mol. The molecule has 2 aliphatic carbocycles. The lowest BCUT2D eigenvalue weighted by atomic mass is 9.67. The van der Waals surface area contributed by atoms with Crippen molar-refractivity contribution in [2.75, 3.05) is 6.61 Å². The molecule has 0 amide bonds. The van der Waals surface area contributed by atoms with E-state index in [4.69, 9.17) is 37.9 Å². The fourth-order valence-electron chi connectivity index (χ4n) is 9.61. The molecule has 11 atom stereocenters. The van der Waals surface area contributed by atoms with Gasteiger partial charge in [0.1, 0.15) is 18.8 Å². The van der Waals surface area contributed by atoms with Gasteiger partial charge < -0.3 is 109 Å². The number of ketones is 1. The molecule has 0 aromatic heterocycles. The molecule has 69 heavy (non-hydrogen) atoms. The summed E-state index contributed by atoms with van der Waals surface area (Å²) in [6.07, 6.45) is -15.5. The van der Waals surface area contributed by atoms with E-state index < -0.39 is 212 Å². The molecule has 4 bridgehead atoms. The summed E-state index contributed by atoms with van der Waals surface area (Å²) < 4.78 is 44.8. The minimum atomic E-state index is -4.01. The van der Waals surface area contributed by atoms with Gasteiger partial charge in [-0.25, -0.2) is 19.2 Å². The van der Waals surface area contributed by atoms with E-state index in [0.29, 0.717) is 24.3 Å². The maximum atomic E-state index is 14.8. The van der Waals surface area contributed by atoms with Crippen LogP contribution < -0.4 is 9.47 Å².